The topological polar surface area (TPSA) is 38.3 Å². The molecule has 0 saturated heterocycles. The summed E-state index contributed by atoms with van der Waals surface area (Å²) in [7, 11) is 0. The van der Waals surface area contributed by atoms with Gasteiger partial charge in [-0.25, -0.2) is 13.2 Å². The van der Waals surface area contributed by atoms with Crippen LogP contribution in [-0.2, 0) is 0 Å². The molecule has 2 aromatic rings. The molecule has 7 heteroatoms. The number of hydrogen-bond acceptors (Lipinski definition) is 2. The number of carbonyl (C=O) groups excluding carboxylic acids is 1. The molecule has 2 aromatic carbocycles. The molecule has 3 nitrogen and oxygen atoms in total. The van der Waals surface area contributed by atoms with Crippen molar-refractivity contribution in [1.82, 2.24) is 5.32 Å². The number of nitrogens with one attached hydrogen (secondary N) is 1. The van der Waals surface area contributed by atoms with Crippen molar-refractivity contribution in [2.24, 2.45) is 0 Å². The van der Waals surface area contributed by atoms with E-state index in [9.17, 15) is 18.0 Å². The third-order valence-corrected chi connectivity index (χ3v) is 3.07. The third kappa shape index (κ3) is 3.71. The highest BCUT2D eigenvalue weighted by Gasteiger charge is 2.18. The molecule has 22 heavy (non-hydrogen) atoms. The minimum atomic E-state index is -1.68. The number of ether oxygens (including phenoxy) is 1. The second kappa shape index (κ2) is 7.17. The van der Waals surface area contributed by atoms with E-state index >= 15 is 0 Å². The predicted molar refractivity (Wildman–Crippen MR) is 75.6 cm³/mol. The third-order valence-electron chi connectivity index (χ3n) is 2.76. The molecule has 0 aliphatic carbocycles. The Hall–Kier alpha value is -2.21. The summed E-state index contributed by atoms with van der Waals surface area (Å²) in [5, 5.41) is 2.76. The molecule has 0 aliphatic heterocycles. The fourth-order valence-corrected chi connectivity index (χ4v) is 1.87. The zero-order chi connectivity index (χ0) is 16.1. The number of hydrogen-bond donors (Lipinski definition) is 1. The van der Waals surface area contributed by atoms with Gasteiger partial charge in [-0.15, -0.1) is 0 Å². The first-order chi connectivity index (χ1) is 10.5. The maximum Gasteiger partial charge on any atom is 0.254 e. The number of amides is 1. The lowest BCUT2D eigenvalue weighted by Crippen LogP contribution is -2.29. The summed E-state index contributed by atoms with van der Waals surface area (Å²) in [4.78, 5) is 11.7. The Morgan fingerprint density at radius 2 is 1.82 bits per heavy atom. The average molecular weight is 330 g/mol. The van der Waals surface area contributed by atoms with Gasteiger partial charge in [0.05, 0.1) is 17.1 Å². The zero-order valence-corrected chi connectivity index (χ0v) is 12.0. The van der Waals surface area contributed by atoms with Crippen LogP contribution in [0.2, 0.25) is 5.02 Å². The maximum absolute atomic E-state index is 13.4. The predicted octanol–water partition coefficient (Wildman–Crippen LogP) is 3.57. The van der Waals surface area contributed by atoms with Crippen molar-refractivity contribution >= 4 is 17.5 Å². The first-order valence-electron chi connectivity index (χ1n) is 6.29. The molecule has 0 unspecified atom stereocenters. The summed E-state index contributed by atoms with van der Waals surface area (Å²) in [6.07, 6.45) is 0. The van der Waals surface area contributed by atoms with Gasteiger partial charge in [0.2, 0.25) is 0 Å². The van der Waals surface area contributed by atoms with E-state index in [1.54, 1.807) is 24.3 Å². The summed E-state index contributed by atoms with van der Waals surface area (Å²) in [5.74, 6) is -4.97. The van der Waals surface area contributed by atoms with Crippen LogP contribution in [0.25, 0.3) is 0 Å². The molecular formula is C15H11ClF3NO2. The van der Waals surface area contributed by atoms with Gasteiger partial charge in [-0.3, -0.25) is 4.79 Å². The first kappa shape index (κ1) is 16.2. The number of para-hydroxylation sites is 1. The largest absolute Gasteiger partial charge is 0.490 e. The smallest absolute Gasteiger partial charge is 0.254 e. The van der Waals surface area contributed by atoms with Crippen LogP contribution in [0.15, 0.2) is 36.4 Å². The van der Waals surface area contributed by atoms with E-state index in [2.05, 4.69) is 5.32 Å². The molecule has 0 radical (unpaired) electrons. The minimum absolute atomic E-state index is 0.0441. The lowest BCUT2D eigenvalue weighted by Gasteiger charge is -2.09. The molecular weight excluding hydrogens is 319 g/mol. The van der Waals surface area contributed by atoms with Crippen LogP contribution < -0.4 is 10.1 Å². The van der Waals surface area contributed by atoms with Gasteiger partial charge in [-0.1, -0.05) is 23.7 Å². The van der Waals surface area contributed by atoms with E-state index < -0.39 is 28.9 Å². The second-order valence-corrected chi connectivity index (χ2v) is 4.66. The monoisotopic (exact) mass is 329 g/mol. The van der Waals surface area contributed by atoms with Gasteiger partial charge in [0.25, 0.3) is 5.91 Å². The van der Waals surface area contributed by atoms with E-state index in [-0.39, 0.29) is 13.2 Å². The molecule has 0 aromatic heterocycles. The van der Waals surface area contributed by atoms with E-state index in [1.165, 1.54) is 0 Å². The Morgan fingerprint density at radius 3 is 2.55 bits per heavy atom. The van der Waals surface area contributed by atoms with Crippen LogP contribution >= 0.6 is 11.6 Å². The van der Waals surface area contributed by atoms with Crippen molar-refractivity contribution in [3.8, 4) is 5.75 Å². The van der Waals surface area contributed by atoms with Crippen LogP contribution in [0.4, 0.5) is 13.2 Å². The van der Waals surface area contributed by atoms with Crippen molar-refractivity contribution in [1.29, 1.82) is 0 Å². The van der Waals surface area contributed by atoms with E-state index in [4.69, 9.17) is 16.3 Å². The SMILES string of the molecule is O=C(NCCOc1ccccc1Cl)c1ccc(F)c(F)c1F. The van der Waals surface area contributed by atoms with Gasteiger partial charge in [0.1, 0.15) is 12.4 Å². The van der Waals surface area contributed by atoms with Crippen molar-refractivity contribution in [3.63, 3.8) is 0 Å². The van der Waals surface area contributed by atoms with E-state index in [1.807, 2.05) is 0 Å². The summed E-state index contributed by atoms with van der Waals surface area (Å²) in [6.45, 7) is 0.128. The summed E-state index contributed by atoms with van der Waals surface area (Å²) in [5.41, 5.74) is -0.573. The number of rotatable bonds is 5. The molecule has 1 N–H and O–H groups in total. The molecule has 0 atom stereocenters. The Balaban J connectivity index is 1.89. The van der Waals surface area contributed by atoms with Gasteiger partial charge in [-0.2, -0.15) is 0 Å². The quantitative estimate of drug-likeness (QED) is 0.673. The molecule has 2 rings (SSSR count). The molecule has 116 valence electrons. The van der Waals surface area contributed by atoms with Gasteiger partial charge < -0.3 is 10.1 Å². The highest BCUT2D eigenvalue weighted by Crippen LogP contribution is 2.22. The van der Waals surface area contributed by atoms with Crippen molar-refractivity contribution in [2.75, 3.05) is 13.2 Å². The Bertz CT molecular complexity index is 694. The molecule has 0 spiro atoms. The standard InChI is InChI=1S/C15H11ClF3NO2/c16-10-3-1-2-4-12(10)22-8-7-20-15(21)9-5-6-11(17)14(19)13(9)18/h1-6H,7-8H2,(H,20,21). The van der Waals surface area contributed by atoms with Crippen molar-refractivity contribution in [3.05, 3.63) is 64.4 Å². The normalized spacial score (nSPS) is 10.4. The van der Waals surface area contributed by atoms with Gasteiger partial charge in [0.15, 0.2) is 17.5 Å². The lowest BCUT2D eigenvalue weighted by atomic mass is 10.2. The fraction of sp³-hybridized carbons (Fsp3) is 0.133. The van der Waals surface area contributed by atoms with Crippen molar-refractivity contribution < 1.29 is 22.7 Å². The van der Waals surface area contributed by atoms with Crippen LogP contribution in [0.1, 0.15) is 10.4 Å². The van der Waals surface area contributed by atoms with E-state index in [0.29, 0.717) is 16.8 Å². The summed E-state index contributed by atoms with van der Waals surface area (Å²) >= 11 is 5.88. The molecule has 0 bridgehead atoms. The second-order valence-electron chi connectivity index (χ2n) is 4.26. The maximum atomic E-state index is 13.4. The zero-order valence-electron chi connectivity index (χ0n) is 11.2. The van der Waals surface area contributed by atoms with Crippen molar-refractivity contribution in [2.45, 2.75) is 0 Å². The molecule has 0 saturated carbocycles. The molecule has 0 aliphatic rings. The number of halogens is 4. The average Bonchev–Trinajstić information content (AvgIpc) is 2.50. The lowest BCUT2D eigenvalue weighted by molar-refractivity contribution is 0.0941. The summed E-state index contributed by atoms with van der Waals surface area (Å²) < 4.78 is 44.5. The number of carbonyl (C=O) groups is 1. The molecule has 0 fully saturated rings. The Kier molecular flexibility index (Phi) is 5.27. The van der Waals surface area contributed by atoms with E-state index in [0.717, 1.165) is 6.07 Å². The minimum Gasteiger partial charge on any atom is -0.490 e. The number of benzene rings is 2. The van der Waals surface area contributed by atoms with Gasteiger partial charge in [0, 0.05) is 0 Å². The van der Waals surface area contributed by atoms with Gasteiger partial charge >= 0.3 is 0 Å². The van der Waals surface area contributed by atoms with Crippen LogP contribution in [0, 0.1) is 17.5 Å². The summed E-state index contributed by atoms with van der Waals surface area (Å²) in [6, 6.07) is 8.33. The molecule has 0 heterocycles. The van der Waals surface area contributed by atoms with Gasteiger partial charge in [-0.05, 0) is 24.3 Å². The van der Waals surface area contributed by atoms with Crippen LogP contribution in [-0.4, -0.2) is 19.1 Å². The van der Waals surface area contributed by atoms with Crippen LogP contribution in [0.3, 0.4) is 0 Å². The highest BCUT2D eigenvalue weighted by molar-refractivity contribution is 6.32. The first-order valence-corrected chi connectivity index (χ1v) is 6.67. The highest BCUT2D eigenvalue weighted by atomic mass is 35.5. The molecule has 1 amide bonds. The Labute approximate surface area is 129 Å². The fourth-order valence-electron chi connectivity index (χ4n) is 1.68. The Morgan fingerprint density at radius 1 is 1.09 bits per heavy atom. The van der Waals surface area contributed by atoms with Crippen LogP contribution in [0.5, 0.6) is 5.75 Å².